The molecule has 9 heteroatoms. The first-order valence-electron chi connectivity index (χ1n) is 9.64. The lowest BCUT2D eigenvalue weighted by Gasteiger charge is -2.10. The minimum atomic E-state index is -1.01. The SMILES string of the molecule is CN1C(=O)/C(=C/c2cc(C3=CC(C(=O)O)=CCC3)cs2)S/C1=N/c1ccc(C(=O)O)cc1. The molecule has 32 heavy (non-hydrogen) atoms. The van der Waals surface area contributed by atoms with Gasteiger partial charge in [-0.3, -0.25) is 9.69 Å². The summed E-state index contributed by atoms with van der Waals surface area (Å²) in [7, 11) is 1.65. The van der Waals surface area contributed by atoms with E-state index >= 15 is 0 Å². The molecule has 1 fully saturated rings. The number of thiophene rings is 1. The Morgan fingerprint density at radius 2 is 1.91 bits per heavy atom. The first-order valence-corrected chi connectivity index (χ1v) is 11.3. The van der Waals surface area contributed by atoms with Gasteiger partial charge in [-0.2, -0.15) is 0 Å². The molecule has 1 aliphatic heterocycles. The number of amidine groups is 1. The van der Waals surface area contributed by atoms with Crippen molar-refractivity contribution in [2.24, 2.45) is 4.99 Å². The van der Waals surface area contributed by atoms with E-state index in [1.165, 1.54) is 40.1 Å². The average Bonchev–Trinajstić information content (AvgIpc) is 3.35. The van der Waals surface area contributed by atoms with Crippen molar-refractivity contribution >= 4 is 63.4 Å². The summed E-state index contributed by atoms with van der Waals surface area (Å²) in [4.78, 5) is 42.3. The normalized spacial score (nSPS) is 18.8. The van der Waals surface area contributed by atoms with Crippen molar-refractivity contribution in [3.05, 3.63) is 74.3 Å². The second-order valence-electron chi connectivity index (χ2n) is 7.13. The molecule has 2 N–H and O–H groups in total. The van der Waals surface area contributed by atoms with Gasteiger partial charge in [-0.1, -0.05) is 6.08 Å². The van der Waals surface area contributed by atoms with Crippen LogP contribution in [0.3, 0.4) is 0 Å². The molecular formula is C23H18N2O5S2. The van der Waals surface area contributed by atoms with Gasteiger partial charge < -0.3 is 10.2 Å². The second kappa shape index (κ2) is 8.97. The fraction of sp³-hybridized carbons (Fsp3) is 0.130. The summed E-state index contributed by atoms with van der Waals surface area (Å²) in [6, 6.07) is 8.10. The number of carboxylic acid groups (broad SMARTS) is 2. The number of rotatable bonds is 5. The molecule has 2 aliphatic rings. The van der Waals surface area contributed by atoms with Crippen LogP contribution in [0, 0.1) is 0 Å². The maximum Gasteiger partial charge on any atom is 0.335 e. The molecule has 0 spiro atoms. The van der Waals surface area contributed by atoms with E-state index < -0.39 is 11.9 Å². The zero-order valence-corrected chi connectivity index (χ0v) is 18.6. The Balaban J connectivity index is 1.54. The minimum Gasteiger partial charge on any atom is -0.478 e. The molecule has 1 aromatic carbocycles. The Labute approximate surface area is 192 Å². The molecule has 7 nitrogen and oxygen atoms in total. The van der Waals surface area contributed by atoms with E-state index in [0.717, 1.165) is 22.4 Å². The number of aromatic carboxylic acids is 1. The molecular weight excluding hydrogens is 448 g/mol. The Hall–Kier alpha value is -3.43. The molecule has 1 amide bonds. The number of nitrogens with zero attached hydrogens (tertiary/aromatic N) is 2. The van der Waals surface area contributed by atoms with Gasteiger partial charge in [0, 0.05) is 11.9 Å². The van der Waals surface area contributed by atoms with Gasteiger partial charge in [0.05, 0.1) is 21.7 Å². The Morgan fingerprint density at radius 1 is 1.16 bits per heavy atom. The molecule has 0 saturated carbocycles. The number of benzene rings is 1. The summed E-state index contributed by atoms with van der Waals surface area (Å²) in [6.45, 7) is 0. The molecule has 1 aromatic heterocycles. The summed E-state index contributed by atoms with van der Waals surface area (Å²) < 4.78 is 0. The molecule has 0 bridgehead atoms. The molecule has 0 unspecified atom stereocenters. The van der Waals surface area contributed by atoms with E-state index in [1.807, 2.05) is 17.5 Å². The molecule has 0 atom stereocenters. The van der Waals surface area contributed by atoms with Crippen LogP contribution in [0.2, 0.25) is 0 Å². The number of amides is 1. The Bertz CT molecular complexity index is 1240. The lowest BCUT2D eigenvalue weighted by Crippen LogP contribution is -2.23. The number of carbonyl (C=O) groups is 3. The average molecular weight is 467 g/mol. The molecule has 162 valence electrons. The molecule has 1 saturated heterocycles. The van der Waals surface area contributed by atoms with Crippen LogP contribution >= 0.6 is 23.1 Å². The van der Waals surface area contributed by atoms with E-state index in [2.05, 4.69) is 4.99 Å². The quantitative estimate of drug-likeness (QED) is 0.609. The predicted molar refractivity (Wildman–Crippen MR) is 126 cm³/mol. The van der Waals surface area contributed by atoms with Crippen molar-refractivity contribution in [1.29, 1.82) is 0 Å². The van der Waals surface area contributed by atoms with Crippen LogP contribution in [0.4, 0.5) is 5.69 Å². The number of likely N-dealkylation sites (N-methyl/N-ethyl adjacent to an activating group) is 1. The van der Waals surface area contributed by atoms with Gasteiger partial charge in [-0.25, -0.2) is 14.6 Å². The highest BCUT2D eigenvalue weighted by molar-refractivity contribution is 8.18. The number of hydrogen-bond acceptors (Lipinski definition) is 6. The summed E-state index contributed by atoms with van der Waals surface area (Å²) in [5.41, 5.74) is 2.97. The Morgan fingerprint density at radius 3 is 2.59 bits per heavy atom. The number of aliphatic carboxylic acids is 1. The van der Waals surface area contributed by atoms with Crippen molar-refractivity contribution in [2.75, 3.05) is 7.05 Å². The van der Waals surface area contributed by atoms with E-state index in [0.29, 0.717) is 27.8 Å². The summed E-state index contributed by atoms with van der Waals surface area (Å²) >= 11 is 2.74. The van der Waals surface area contributed by atoms with Crippen LogP contribution in [0.15, 0.2) is 63.3 Å². The third kappa shape index (κ3) is 4.58. The fourth-order valence-corrected chi connectivity index (χ4v) is 5.16. The standard InChI is InChI=1S/C23H18N2O5S2/c1-25-20(26)19(32-23(25)24-17-7-5-13(6-8-17)21(27)28)11-18-10-16(12-31-18)14-3-2-4-15(9-14)22(29)30/h4-12H,2-3H2,1H3,(H,27,28)(H,29,30)/b19-11-,24-23+. The van der Waals surface area contributed by atoms with Crippen LogP contribution in [0.5, 0.6) is 0 Å². The molecule has 1 aliphatic carbocycles. The number of aliphatic imine (C=N–C) groups is 1. The van der Waals surface area contributed by atoms with Gasteiger partial charge in [0.15, 0.2) is 5.17 Å². The van der Waals surface area contributed by atoms with Gasteiger partial charge in [-0.05, 0) is 83.6 Å². The second-order valence-corrected chi connectivity index (χ2v) is 9.08. The summed E-state index contributed by atoms with van der Waals surface area (Å²) in [5, 5.41) is 20.7. The summed E-state index contributed by atoms with van der Waals surface area (Å²) in [6.07, 6.45) is 6.70. The predicted octanol–water partition coefficient (Wildman–Crippen LogP) is 4.87. The zero-order chi connectivity index (χ0) is 22.8. The maximum atomic E-state index is 12.7. The third-order valence-electron chi connectivity index (χ3n) is 4.96. The van der Waals surface area contributed by atoms with Crippen LogP contribution in [0.25, 0.3) is 11.6 Å². The van der Waals surface area contributed by atoms with Crippen LogP contribution in [0.1, 0.15) is 33.6 Å². The lowest BCUT2D eigenvalue weighted by atomic mass is 9.95. The van der Waals surface area contributed by atoms with Crippen LogP contribution in [-0.4, -0.2) is 45.2 Å². The summed E-state index contributed by atoms with van der Waals surface area (Å²) in [5.74, 6) is -2.11. The van der Waals surface area contributed by atoms with E-state index in [1.54, 1.807) is 31.3 Å². The van der Waals surface area contributed by atoms with E-state index in [-0.39, 0.29) is 11.5 Å². The molecule has 4 rings (SSSR count). The smallest absolute Gasteiger partial charge is 0.335 e. The highest BCUT2D eigenvalue weighted by Gasteiger charge is 2.30. The van der Waals surface area contributed by atoms with Crippen molar-refractivity contribution < 1.29 is 24.6 Å². The number of hydrogen-bond donors (Lipinski definition) is 2. The number of carboxylic acids is 2. The monoisotopic (exact) mass is 466 g/mol. The van der Waals surface area contributed by atoms with Crippen molar-refractivity contribution in [2.45, 2.75) is 12.8 Å². The topological polar surface area (TPSA) is 107 Å². The van der Waals surface area contributed by atoms with Gasteiger partial charge in [-0.15, -0.1) is 11.3 Å². The molecule has 0 radical (unpaired) electrons. The van der Waals surface area contributed by atoms with E-state index in [4.69, 9.17) is 5.11 Å². The molecule has 2 heterocycles. The van der Waals surface area contributed by atoms with E-state index in [9.17, 15) is 19.5 Å². The lowest BCUT2D eigenvalue weighted by molar-refractivity contribution is -0.132. The van der Waals surface area contributed by atoms with Gasteiger partial charge in [0.25, 0.3) is 5.91 Å². The number of carbonyl (C=O) groups excluding carboxylic acids is 1. The van der Waals surface area contributed by atoms with Gasteiger partial charge >= 0.3 is 11.9 Å². The maximum absolute atomic E-state index is 12.7. The van der Waals surface area contributed by atoms with Crippen LogP contribution in [-0.2, 0) is 9.59 Å². The number of thioether (sulfide) groups is 1. The largest absolute Gasteiger partial charge is 0.478 e. The van der Waals surface area contributed by atoms with Crippen LogP contribution < -0.4 is 0 Å². The van der Waals surface area contributed by atoms with Crippen molar-refractivity contribution in [3.63, 3.8) is 0 Å². The first kappa shape index (κ1) is 21.8. The highest BCUT2D eigenvalue weighted by Crippen LogP contribution is 2.36. The molecule has 2 aromatic rings. The van der Waals surface area contributed by atoms with Gasteiger partial charge in [0.2, 0.25) is 0 Å². The number of allylic oxidation sites excluding steroid dienone is 2. The highest BCUT2D eigenvalue weighted by atomic mass is 32.2. The Kier molecular flexibility index (Phi) is 6.11. The zero-order valence-electron chi connectivity index (χ0n) is 16.9. The van der Waals surface area contributed by atoms with Crippen molar-refractivity contribution in [1.82, 2.24) is 4.90 Å². The fourth-order valence-electron chi connectivity index (χ4n) is 3.25. The first-order chi connectivity index (χ1) is 15.3. The third-order valence-corrected chi connectivity index (χ3v) is 6.90. The van der Waals surface area contributed by atoms with Crippen molar-refractivity contribution in [3.8, 4) is 0 Å². The minimum absolute atomic E-state index is 0.168. The van der Waals surface area contributed by atoms with Gasteiger partial charge in [0.1, 0.15) is 0 Å².